The molecule has 1 saturated heterocycles. The predicted molar refractivity (Wildman–Crippen MR) is 110 cm³/mol. The Morgan fingerprint density at radius 3 is 2.24 bits per heavy atom. The zero-order chi connectivity index (χ0) is 20.4. The molecule has 5 nitrogen and oxygen atoms in total. The van der Waals surface area contributed by atoms with E-state index >= 15 is 0 Å². The number of nitrogens with one attached hydrogen (secondary N) is 1. The van der Waals surface area contributed by atoms with E-state index in [0.717, 1.165) is 43.2 Å². The molecule has 5 heteroatoms. The molecule has 150 valence electrons. The molecule has 2 aliphatic carbocycles. The van der Waals surface area contributed by atoms with Crippen molar-refractivity contribution in [2.24, 2.45) is 5.41 Å². The number of hydrogen-bond acceptors (Lipinski definition) is 3. The molecule has 0 radical (unpaired) electrons. The molecular weight excluding hydrogens is 364 g/mol. The molecule has 2 aromatic carbocycles. The Balaban J connectivity index is 1.69. The van der Waals surface area contributed by atoms with Gasteiger partial charge in [-0.2, -0.15) is 0 Å². The van der Waals surface area contributed by atoms with Gasteiger partial charge in [-0.1, -0.05) is 30.3 Å². The molecule has 29 heavy (non-hydrogen) atoms. The van der Waals surface area contributed by atoms with Gasteiger partial charge < -0.3 is 10.4 Å². The molecule has 0 aromatic heterocycles. The van der Waals surface area contributed by atoms with Crippen molar-refractivity contribution in [3.63, 3.8) is 0 Å². The average molecular weight is 390 g/mol. The average Bonchev–Trinajstić information content (AvgIpc) is 3.01. The van der Waals surface area contributed by atoms with Gasteiger partial charge in [-0.3, -0.25) is 9.69 Å². The minimum atomic E-state index is -1.11. The Morgan fingerprint density at radius 1 is 1.00 bits per heavy atom. The number of rotatable bonds is 1. The monoisotopic (exact) mass is 390 g/mol. The van der Waals surface area contributed by atoms with Gasteiger partial charge in [-0.05, 0) is 80.3 Å². The normalized spacial score (nSPS) is 24.7. The van der Waals surface area contributed by atoms with Crippen LogP contribution in [0.5, 0.6) is 5.75 Å². The second-order valence-electron chi connectivity index (χ2n) is 9.02. The van der Waals surface area contributed by atoms with E-state index in [2.05, 4.69) is 29.6 Å². The first-order valence-corrected chi connectivity index (χ1v) is 10.4. The number of amides is 3. The highest BCUT2D eigenvalue weighted by Gasteiger charge is 2.67. The lowest BCUT2D eigenvalue weighted by Gasteiger charge is -2.42. The largest absolute Gasteiger partial charge is 0.508 e. The number of imide groups is 1. The third-order valence-corrected chi connectivity index (χ3v) is 7.26. The molecule has 5 rings (SSSR count). The van der Waals surface area contributed by atoms with Gasteiger partial charge in [-0.15, -0.1) is 0 Å². The lowest BCUT2D eigenvalue weighted by Crippen LogP contribution is -2.55. The van der Waals surface area contributed by atoms with Gasteiger partial charge in [0.1, 0.15) is 5.75 Å². The highest BCUT2D eigenvalue weighted by atomic mass is 16.3. The Hall–Kier alpha value is -2.82. The SMILES string of the molecule is CC(C)N1C(=O)NC2(C1=O)c1cc(O)ccc1CC21CCc2ccccc2CC1. The quantitative estimate of drug-likeness (QED) is 0.730. The van der Waals surface area contributed by atoms with E-state index in [0.29, 0.717) is 0 Å². The van der Waals surface area contributed by atoms with Crippen LogP contribution in [0.15, 0.2) is 42.5 Å². The van der Waals surface area contributed by atoms with Crippen molar-refractivity contribution in [1.82, 2.24) is 10.2 Å². The summed E-state index contributed by atoms with van der Waals surface area (Å²) in [5, 5.41) is 13.3. The zero-order valence-corrected chi connectivity index (χ0v) is 16.9. The highest BCUT2D eigenvalue weighted by molar-refractivity contribution is 6.09. The van der Waals surface area contributed by atoms with E-state index in [9.17, 15) is 14.7 Å². The van der Waals surface area contributed by atoms with Gasteiger partial charge in [0.25, 0.3) is 5.91 Å². The van der Waals surface area contributed by atoms with Crippen LogP contribution in [-0.4, -0.2) is 28.0 Å². The number of aromatic hydroxyl groups is 1. The fraction of sp³-hybridized carbons (Fsp3) is 0.417. The number of carbonyl (C=O) groups is 2. The number of fused-ring (bicyclic) bond motifs is 4. The van der Waals surface area contributed by atoms with Crippen molar-refractivity contribution in [2.45, 2.75) is 57.5 Å². The van der Waals surface area contributed by atoms with Gasteiger partial charge in [-0.25, -0.2) is 4.79 Å². The number of hydrogen-bond donors (Lipinski definition) is 2. The summed E-state index contributed by atoms with van der Waals surface area (Å²) in [6.45, 7) is 3.73. The molecule has 3 aliphatic rings. The molecule has 0 saturated carbocycles. The van der Waals surface area contributed by atoms with E-state index in [4.69, 9.17) is 0 Å². The molecule has 2 N–H and O–H groups in total. The van der Waals surface area contributed by atoms with Crippen molar-refractivity contribution in [2.75, 3.05) is 0 Å². The molecule has 3 amide bonds. The summed E-state index contributed by atoms with van der Waals surface area (Å²) in [5.74, 6) is -0.0464. The number of urea groups is 1. The van der Waals surface area contributed by atoms with E-state index in [-0.39, 0.29) is 23.7 Å². The third kappa shape index (κ3) is 2.33. The summed E-state index contributed by atoms with van der Waals surface area (Å²) >= 11 is 0. The van der Waals surface area contributed by atoms with Crippen LogP contribution in [-0.2, 0) is 29.6 Å². The Kier molecular flexibility index (Phi) is 3.83. The number of carbonyl (C=O) groups excluding carboxylic acids is 2. The summed E-state index contributed by atoms with van der Waals surface area (Å²) in [6, 6.07) is 13.2. The van der Waals surface area contributed by atoms with E-state index in [1.54, 1.807) is 12.1 Å². The smallest absolute Gasteiger partial charge is 0.325 e. The predicted octanol–water partition coefficient (Wildman–Crippen LogP) is 3.67. The van der Waals surface area contributed by atoms with Crippen molar-refractivity contribution in [1.29, 1.82) is 0 Å². The summed E-state index contributed by atoms with van der Waals surface area (Å²) < 4.78 is 0. The van der Waals surface area contributed by atoms with Gasteiger partial charge in [0.15, 0.2) is 5.54 Å². The summed E-state index contributed by atoms with van der Waals surface area (Å²) in [7, 11) is 0. The molecule has 1 atom stereocenters. The second-order valence-corrected chi connectivity index (χ2v) is 9.02. The first-order chi connectivity index (χ1) is 13.9. The van der Waals surface area contributed by atoms with Crippen LogP contribution >= 0.6 is 0 Å². The Morgan fingerprint density at radius 2 is 1.66 bits per heavy atom. The van der Waals surface area contributed by atoms with Crippen LogP contribution in [0.4, 0.5) is 4.79 Å². The molecule has 2 spiro atoms. The van der Waals surface area contributed by atoms with E-state index < -0.39 is 11.0 Å². The second kappa shape index (κ2) is 6.09. The van der Waals surface area contributed by atoms with Crippen molar-refractivity contribution < 1.29 is 14.7 Å². The van der Waals surface area contributed by atoms with Crippen LogP contribution in [0.3, 0.4) is 0 Å². The fourth-order valence-corrected chi connectivity index (χ4v) is 5.88. The molecule has 1 unspecified atom stereocenters. The summed E-state index contributed by atoms with van der Waals surface area (Å²) in [5.41, 5.74) is 2.97. The molecule has 2 aromatic rings. The fourth-order valence-electron chi connectivity index (χ4n) is 5.88. The molecular formula is C24H26N2O3. The van der Waals surface area contributed by atoms with Crippen molar-refractivity contribution in [3.8, 4) is 5.75 Å². The van der Waals surface area contributed by atoms with E-state index in [1.165, 1.54) is 16.0 Å². The zero-order valence-electron chi connectivity index (χ0n) is 16.9. The van der Waals surface area contributed by atoms with Crippen molar-refractivity contribution in [3.05, 3.63) is 64.7 Å². The first kappa shape index (κ1) is 18.2. The number of nitrogens with zero attached hydrogens (tertiary/aromatic N) is 1. The third-order valence-electron chi connectivity index (χ3n) is 7.26. The molecule has 0 bridgehead atoms. The van der Waals surface area contributed by atoms with Gasteiger partial charge >= 0.3 is 6.03 Å². The number of phenols is 1. The van der Waals surface area contributed by atoms with Crippen LogP contribution < -0.4 is 5.32 Å². The lowest BCUT2D eigenvalue weighted by molar-refractivity contribution is -0.138. The lowest BCUT2D eigenvalue weighted by atomic mass is 9.65. The molecule has 1 fully saturated rings. The van der Waals surface area contributed by atoms with Gasteiger partial charge in [0.05, 0.1) is 0 Å². The molecule has 1 heterocycles. The highest BCUT2D eigenvalue weighted by Crippen LogP contribution is 2.59. The number of aryl methyl sites for hydroxylation is 2. The van der Waals surface area contributed by atoms with Gasteiger partial charge in [0.2, 0.25) is 0 Å². The van der Waals surface area contributed by atoms with E-state index in [1.807, 2.05) is 19.9 Å². The summed E-state index contributed by atoms with van der Waals surface area (Å²) in [4.78, 5) is 28.2. The molecule has 1 aliphatic heterocycles. The maximum Gasteiger partial charge on any atom is 0.325 e. The Labute approximate surface area is 170 Å². The minimum Gasteiger partial charge on any atom is -0.508 e. The summed E-state index contributed by atoms with van der Waals surface area (Å²) in [6.07, 6.45) is 4.12. The minimum absolute atomic E-state index is 0.127. The first-order valence-electron chi connectivity index (χ1n) is 10.4. The maximum absolute atomic E-state index is 13.9. The van der Waals surface area contributed by atoms with Gasteiger partial charge in [0, 0.05) is 11.5 Å². The Bertz CT molecular complexity index is 1000. The maximum atomic E-state index is 13.9. The van der Waals surface area contributed by atoms with Crippen LogP contribution in [0.2, 0.25) is 0 Å². The topological polar surface area (TPSA) is 69.6 Å². The van der Waals surface area contributed by atoms with Crippen LogP contribution in [0.1, 0.15) is 48.9 Å². The standard InChI is InChI=1S/C24H26N2O3/c1-15(2)26-21(28)24(25-22(26)29)20-13-19(27)8-7-18(20)14-23(24)11-9-16-5-3-4-6-17(16)10-12-23/h3-8,13,15,27H,9-12,14H2,1-2H3,(H,25,29). The number of phenolic OH excluding ortho intramolecular Hbond substituents is 1. The van der Waals surface area contributed by atoms with Crippen LogP contribution in [0, 0.1) is 5.41 Å². The number of benzene rings is 2. The van der Waals surface area contributed by atoms with Crippen LogP contribution in [0.25, 0.3) is 0 Å². The van der Waals surface area contributed by atoms with Crippen molar-refractivity contribution >= 4 is 11.9 Å².